The van der Waals surface area contributed by atoms with Crippen LogP contribution in [0.5, 0.6) is 0 Å². The third-order valence-electron chi connectivity index (χ3n) is 3.54. The van der Waals surface area contributed by atoms with Gasteiger partial charge in [-0.3, -0.25) is 0 Å². The summed E-state index contributed by atoms with van der Waals surface area (Å²) in [6.07, 6.45) is 2.00. The molecule has 0 amide bonds. The summed E-state index contributed by atoms with van der Waals surface area (Å²) >= 11 is 0. The van der Waals surface area contributed by atoms with E-state index in [2.05, 4.69) is 5.32 Å². The van der Waals surface area contributed by atoms with Crippen LogP contribution < -0.4 is 5.32 Å². The normalized spacial score (nSPS) is 25.3. The molecule has 1 fully saturated rings. The summed E-state index contributed by atoms with van der Waals surface area (Å²) in [6.45, 7) is 1.27. The van der Waals surface area contributed by atoms with Crippen LogP contribution in [0, 0.1) is 11.7 Å². The number of aliphatic hydroxyl groups is 2. The molecule has 0 bridgehead atoms. The van der Waals surface area contributed by atoms with Gasteiger partial charge in [0.15, 0.2) is 0 Å². The van der Waals surface area contributed by atoms with Crippen LogP contribution in [-0.4, -0.2) is 29.4 Å². The lowest BCUT2D eigenvalue weighted by molar-refractivity contribution is 0.167. The molecule has 100 valence electrons. The zero-order valence-electron chi connectivity index (χ0n) is 10.3. The van der Waals surface area contributed by atoms with Crippen molar-refractivity contribution in [2.75, 3.05) is 13.1 Å². The molecule has 1 aliphatic rings. The van der Waals surface area contributed by atoms with E-state index in [0.717, 1.165) is 31.4 Å². The first kappa shape index (κ1) is 13.5. The monoisotopic (exact) mass is 253 g/mol. The van der Waals surface area contributed by atoms with Crippen LogP contribution in [0.2, 0.25) is 0 Å². The van der Waals surface area contributed by atoms with Crippen molar-refractivity contribution in [2.24, 2.45) is 5.92 Å². The zero-order chi connectivity index (χ0) is 13.0. The van der Waals surface area contributed by atoms with E-state index in [0.29, 0.717) is 12.5 Å². The molecule has 0 radical (unpaired) electrons. The summed E-state index contributed by atoms with van der Waals surface area (Å²) in [5.41, 5.74) is 0.718. The van der Waals surface area contributed by atoms with Gasteiger partial charge in [0.25, 0.3) is 0 Å². The van der Waals surface area contributed by atoms with Crippen LogP contribution in [0.25, 0.3) is 0 Å². The standard InChI is InChI=1S/C14H20FNO2/c15-12-4-2-11(3-5-12)14(18)9-16-8-10-1-6-13(17)7-10/h2-5,10,13-14,16-18H,1,6-9H2. The van der Waals surface area contributed by atoms with Crippen LogP contribution in [0.4, 0.5) is 4.39 Å². The van der Waals surface area contributed by atoms with Crippen LogP contribution >= 0.6 is 0 Å². The van der Waals surface area contributed by atoms with Gasteiger partial charge in [0.1, 0.15) is 5.82 Å². The Hall–Kier alpha value is -0.970. The molecule has 0 spiro atoms. The summed E-state index contributed by atoms with van der Waals surface area (Å²) in [7, 11) is 0. The highest BCUT2D eigenvalue weighted by Gasteiger charge is 2.22. The van der Waals surface area contributed by atoms with Crippen LogP contribution in [0.15, 0.2) is 24.3 Å². The molecule has 18 heavy (non-hydrogen) atoms. The van der Waals surface area contributed by atoms with Crippen LogP contribution in [-0.2, 0) is 0 Å². The Balaban J connectivity index is 1.71. The van der Waals surface area contributed by atoms with Crippen molar-refractivity contribution in [3.05, 3.63) is 35.6 Å². The molecular formula is C14H20FNO2. The van der Waals surface area contributed by atoms with Gasteiger partial charge in [-0.15, -0.1) is 0 Å². The van der Waals surface area contributed by atoms with E-state index in [4.69, 9.17) is 0 Å². The van der Waals surface area contributed by atoms with E-state index in [1.165, 1.54) is 12.1 Å². The molecule has 0 saturated heterocycles. The highest BCUT2D eigenvalue weighted by Crippen LogP contribution is 2.24. The molecular weight excluding hydrogens is 233 g/mol. The fraction of sp³-hybridized carbons (Fsp3) is 0.571. The van der Waals surface area contributed by atoms with Gasteiger partial charge in [-0.05, 0) is 49.4 Å². The number of halogens is 1. The van der Waals surface area contributed by atoms with Gasteiger partial charge < -0.3 is 15.5 Å². The Morgan fingerprint density at radius 1 is 1.28 bits per heavy atom. The van der Waals surface area contributed by atoms with Gasteiger partial charge >= 0.3 is 0 Å². The minimum Gasteiger partial charge on any atom is -0.393 e. The molecule has 3 unspecified atom stereocenters. The predicted octanol–water partition coefficient (Wildman–Crippen LogP) is 1.61. The zero-order valence-corrected chi connectivity index (χ0v) is 10.3. The third kappa shape index (κ3) is 3.77. The van der Waals surface area contributed by atoms with E-state index in [1.54, 1.807) is 12.1 Å². The minimum absolute atomic E-state index is 0.154. The van der Waals surface area contributed by atoms with Gasteiger partial charge in [-0.1, -0.05) is 12.1 Å². The minimum atomic E-state index is -0.614. The van der Waals surface area contributed by atoms with Gasteiger partial charge in [-0.2, -0.15) is 0 Å². The van der Waals surface area contributed by atoms with E-state index in [9.17, 15) is 14.6 Å². The summed E-state index contributed by atoms with van der Waals surface area (Å²) in [5, 5.41) is 22.5. The number of hydrogen-bond donors (Lipinski definition) is 3. The fourth-order valence-electron chi connectivity index (χ4n) is 2.46. The molecule has 4 heteroatoms. The predicted molar refractivity (Wildman–Crippen MR) is 67.6 cm³/mol. The SMILES string of the molecule is OC1CCC(CNCC(O)c2ccc(F)cc2)C1. The molecule has 0 aliphatic heterocycles. The molecule has 3 nitrogen and oxygen atoms in total. The van der Waals surface area contributed by atoms with Gasteiger partial charge in [-0.25, -0.2) is 4.39 Å². The highest BCUT2D eigenvalue weighted by atomic mass is 19.1. The topological polar surface area (TPSA) is 52.5 Å². The average Bonchev–Trinajstić information content (AvgIpc) is 2.76. The third-order valence-corrected chi connectivity index (χ3v) is 3.54. The van der Waals surface area contributed by atoms with Crippen molar-refractivity contribution in [2.45, 2.75) is 31.5 Å². The molecule has 1 aromatic carbocycles. The number of aliphatic hydroxyl groups excluding tert-OH is 2. The lowest BCUT2D eigenvalue weighted by Crippen LogP contribution is -2.26. The smallest absolute Gasteiger partial charge is 0.123 e. The summed E-state index contributed by atoms with van der Waals surface area (Å²) in [4.78, 5) is 0. The van der Waals surface area contributed by atoms with Crippen molar-refractivity contribution in [1.82, 2.24) is 5.32 Å². The summed E-state index contributed by atoms with van der Waals surface area (Å²) in [6, 6.07) is 5.90. The Kier molecular flexibility index (Phi) is 4.69. The fourth-order valence-corrected chi connectivity index (χ4v) is 2.46. The highest BCUT2D eigenvalue weighted by molar-refractivity contribution is 5.18. The van der Waals surface area contributed by atoms with E-state index < -0.39 is 6.10 Å². The van der Waals surface area contributed by atoms with Crippen molar-refractivity contribution in [1.29, 1.82) is 0 Å². The number of rotatable bonds is 5. The molecule has 3 N–H and O–H groups in total. The van der Waals surface area contributed by atoms with Gasteiger partial charge in [0.2, 0.25) is 0 Å². The second-order valence-corrected chi connectivity index (χ2v) is 5.06. The maximum atomic E-state index is 12.7. The Bertz CT molecular complexity index is 369. The quantitative estimate of drug-likeness (QED) is 0.747. The van der Waals surface area contributed by atoms with E-state index in [1.807, 2.05) is 0 Å². The van der Waals surface area contributed by atoms with Gasteiger partial charge in [0.05, 0.1) is 12.2 Å². The molecule has 3 atom stereocenters. The first-order valence-electron chi connectivity index (χ1n) is 6.47. The van der Waals surface area contributed by atoms with Crippen LogP contribution in [0.3, 0.4) is 0 Å². The van der Waals surface area contributed by atoms with E-state index in [-0.39, 0.29) is 11.9 Å². The molecule has 2 rings (SSSR count). The Morgan fingerprint density at radius 3 is 2.61 bits per heavy atom. The second-order valence-electron chi connectivity index (χ2n) is 5.06. The largest absolute Gasteiger partial charge is 0.393 e. The second kappa shape index (κ2) is 6.27. The van der Waals surface area contributed by atoms with Crippen molar-refractivity contribution in [3.63, 3.8) is 0 Å². The molecule has 1 aromatic rings. The lowest BCUT2D eigenvalue weighted by Gasteiger charge is -2.15. The van der Waals surface area contributed by atoms with Crippen molar-refractivity contribution < 1.29 is 14.6 Å². The number of hydrogen-bond acceptors (Lipinski definition) is 3. The summed E-state index contributed by atoms with van der Waals surface area (Å²) < 4.78 is 12.7. The van der Waals surface area contributed by atoms with Gasteiger partial charge in [0, 0.05) is 6.54 Å². The Labute approximate surface area is 107 Å². The maximum Gasteiger partial charge on any atom is 0.123 e. The van der Waals surface area contributed by atoms with E-state index >= 15 is 0 Å². The number of nitrogens with one attached hydrogen (secondary N) is 1. The first-order chi connectivity index (χ1) is 8.65. The molecule has 0 aromatic heterocycles. The molecule has 1 aliphatic carbocycles. The lowest BCUT2D eigenvalue weighted by atomic mass is 10.1. The van der Waals surface area contributed by atoms with Crippen LogP contribution in [0.1, 0.15) is 30.9 Å². The maximum absolute atomic E-state index is 12.7. The average molecular weight is 253 g/mol. The summed E-state index contributed by atoms with van der Waals surface area (Å²) in [5.74, 6) is 0.208. The Morgan fingerprint density at radius 2 is 2.00 bits per heavy atom. The molecule has 0 heterocycles. The first-order valence-corrected chi connectivity index (χ1v) is 6.47. The van der Waals surface area contributed by atoms with Crippen molar-refractivity contribution in [3.8, 4) is 0 Å². The molecule has 1 saturated carbocycles. The number of benzene rings is 1. The van der Waals surface area contributed by atoms with Crippen molar-refractivity contribution >= 4 is 0 Å².